The van der Waals surface area contributed by atoms with Gasteiger partial charge < -0.3 is 9.64 Å². The molecule has 0 saturated carbocycles. The van der Waals surface area contributed by atoms with Gasteiger partial charge in [-0.25, -0.2) is 0 Å². The summed E-state index contributed by atoms with van der Waals surface area (Å²) in [5.41, 5.74) is 5.09. The highest BCUT2D eigenvalue weighted by Crippen LogP contribution is 2.55. The molecule has 3 heteroatoms. The van der Waals surface area contributed by atoms with E-state index < -0.39 is 5.72 Å². The summed E-state index contributed by atoms with van der Waals surface area (Å²) in [5, 5.41) is 1.10. The van der Waals surface area contributed by atoms with Crippen LogP contribution in [0.4, 0.5) is 5.69 Å². The second-order valence-electron chi connectivity index (χ2n) is 7.85. The summed E-state index contributed by atoms with van der Waals surface area (Å²) in [6.45, 7) is 6.70. The third kappa shape index (κ3) is 1.70. The van der Waals surface area contributed by atoms with Crippen LogP contribution in [0.25, 0.3) is 17.0 Å². The maximum absolute atomic E-state index is 6.84. The van der Waals surface area contributed by atoms with E-state index in [1.807, 2.05) is 12.3 Å². The van der Waals surface area contributed by atoms with Crippen molar-refractivity contribution >= 4 is 22.7 Å². The van der Waals surface area contributed by atoms with Gasteiger partial charge in [-0.3, -0.25) is 4.98 Å². The van der Waals surface area contributed by atoms with E-state index >= 15 is 0 Å². The molecule has 2 aliphatic rings. The van der Waals surface area contributed by atoms with E-state index in [2.05, 4.69) is 86.3 Å². The molecule has 1 unspecified atom stereocenters. The molecule has 1 aromatic heterocycles. The lowest BCUT2D eigenvalue weighted by molar-refractivity contribution is 0.0596. The average Bonchev–Trinajstić information content (AvgIpc) is 2.81. The summed E-state index contributed by atoms with van der Waals surface area (Å²) in [6.07, 6.45) is 6.23. The van der Waals surface area contributed by atoms with E-state index in [4.69, 9.17) is 4.74 Å². The van der Waals surface area contributed by atoms with Crippen LogP contribution in [-0.2, 0) is 5.41 Å². The Hall–Kier alpha value is -2.81. The smallest absolute Gasteiger partial charge is 0.211 e. The lowest BCUT2D eigenvalue weighted by Crippen LogP contribution is -2.58. The van der Waals surface area contributed by atoms with Crippen LogP contribution in [0, 0.1) is 6.92 Å². The number of hydrogen-bond donors (Lipinski definition) is 0. The number of ether oxygens (including phenoxy) is 1. The molecule has 1 spiro atoms. The van der Waals surface area contributed by atoms with Crippen molar-refractivity contribution in [1.29, 1.82) is 0 Å². The van der Waals surface area contributed by atoms with Gasteiger partial charge in [0, 0.05) is 29.9 Å². The van der Waals surface area contributed by atoms with Gasteiger partial charge in [-0.05, 0) is 50.1 Å². The molecule has 1 atom stereocenters. The molecule has 0 radical (unpaired) electrons. The first-order valence-electron chi connectivity index (χ1n) is 9.06. The molecular weight excluding hydrogens is 320 g/mol. The fraction of sp³-hybridized carbons (Fsp3) is 0.261. The highest BCUT2D eigenvalue weighted by atomic mass is 16.5. The Morgan fingerprint density at radius 1 is 1.04 bits per heavy atom. The largest absolute Gasteiger partial charge is 0.460 e. The van der Waals surface area contributed by atoms with Crippen LogP contribution in [0.5, 0.6) is 5.75 Å². The molecule has 0 bridgehead atoms. The SMILES string of the molecule is Cc1cccc2c1N(C)C1(C=Cc3ccc4cccnc4c3O1)C2(C)C. The van der Waals surface area contributed by atoms with E-state index in [1.165, 1.54) is 16.8 Å². The number of likely N-dealkylation sites (N-methyl/N-ethyl adjacent to an activating group) is 1. The van der Waals surface area contributed by atoms with E-state index in [-0.39, 0.29) is 5.41 Å². The number of hydrogen-bond acceptors (Lipinski definition) is 3. The maximum atomic E-state index is 6.84. The normalized spacial score (nSPS) is 22.4. The predicted molar refractivity (Wildman–Crippen MR) is 107 cm³/mol. The number of pyridine rings is 1. The zero-order valence-electron chi connectivity index (χ0n) is 15.6. The number of para-hydroxylation sites is 1. The van der Waals surface area contributed by atoms with E-state index in [9.17, 15) is 0 Å². The van der Waals surface area contributed by atoms with Crippen LogP contribution < -0.4 is 9.64 Å². The number of nitrogens with zero attached hydrogens (tertiary/aromatic N) is 2. The van der Waals surface area contributed by atoms with Gasteiger partial charge in [0.15, 0.2) is 5.75 Å². The van der Waals surface area contributed by atoms with Crippen LogP contribution in [0.15, 0.2) is 54.7 Å². The standard InChI is InChI=1S/C23H22N2O/c1-15-7-5-9-18-20(15)25(4)23(22(18,2)3)13-12-17-11-10-16-8-6-14-24-19(16)21(17)26-23/h5-14H,1-4H3. The van der Waals surface area contributed by atoms with Gasteiger partial charge >= 0.3 is 0 Å². The molecule has 0 saturated heterocycles. The summed E-state index contributed by atoms with van der Waals surface area (Å²) >= 11 is 0. The monoisotopic (exact) mass is 342 g/mol. The van der Waals surface area contributed by atoms with Gasteiger partial charge in [0.1, 0.15) is 5.52 Å². The Bertz CT molecular complexity index is 1080. The summed E-state index contributed by atoms with van der Waals surface area (Å²) in [5.74, 6) is 0.871. The summed E-state index contributed by atoms with van der Waals surface area (Å²) in [6, 6.07) is 14.8. The minimum absolute atomic E-state index is 0.200. The van der Waals surface area contributed by atoms with Crippen molar-refractivity contribution in [2.45, 2.75) is 31.9 Å². The highest BCUT2D eigenvalue weighted by molar-refractivity contribution is 5.90. The molecule has 3 nitrogen and oxygen atoms in total. The fourth-order valence-electron chi connectivity index (χ4n) is 4.67. The first-order valence-corrected chi connectivity index (χ1v) is 9.06. The third-order valence-electron chi connectivity index (χ3n) is 6.15. The van der Waals surface area contributed by atoms with Crippen molar-refractivity contribution in [1.82, 2.24) is 4.98 Å². The zero-order chi connectivity index (χ0) is 18.1. The molecule has 26 heavy (non-hydrogen) atoms. The van der Waals surface area contributed by atoms with E-state index in [1.54, 1.807) is 0 Å². The van der Waals surface area contributed by atoms with Crippen molar-refractivity contribution in [3.8, 4) is 5.75 Å². The molecule has 2 aromatic carbocycles. The second-order valence-corrected chi connectivity index (χ2v) is 7.85. The van der Waals surface area contributed by atoms with E-state index in [0.717, 1.165) is 22.2 Å². The van der Waals surface area contributed by atoms with Crippen LogP contribution in [0.1, 0.15) is 30.5 Å². The van der Waals surface area contributed by atoms with Gasteiger partial charge in [-0.1, -0.05) is 36.4 Å². The number of aromatic nitrogens is 1. The van der Waals surface area contributed by atoms with Gasteiger partial charge in [0.05, 0.1) is 5.41 Å². The number of anilines is 1. The quantitative estimate of drug-likeness (QED) is 0.570. The molecule has 0 fully saturated rings. The molecule has 2 aliphatic heterocycles. The molecule has 5 rings (SSSR count). The topological polar surface area (TPSA) is 25.4 Å². The Balaban J connectivity index is 1.76. The highest BCUT2D eigenvalue weighted by Gasteiger charge is 2.58. The van der Waals surface area contributed by atoms with Crippen LogP contribution in [-0.4, -0.2) is 17.8 Å². The maximum Gasteiger partial charge on any atom is 0.211 e. The van der Waals surface area contributed by atoms with Gasteiger partial charge in [-0.2, -0.15) is 0 Å². The number of benzene rings is 2. The molecule has 0 N–H and O–H groups in total. The molecule has 3 aromatic rings. The van der Waals surface area contributed by atoms with Crippen molar-refractivity contribution < 1.29 is 4.74 Å². The van der Waals surface area contributed by atoms with Gasteiger partial charge in [-0.15, -0.1) is 0 Å². The number of fused-ring (bicyclic) bond motifs is 4. The minimum Gasteiger partial charge on any atom is -0.460 e. The minimum atomic E-state index is -0.569. The summed E-state index contributed by atoms with van der Waals surface area (Å²) < 4.78 is 6.84. The Labute approximate surface area is 153 Å². The molecule has 0 amide bonds. The van der Waals surface area contributed by atoms with Crippen LogP contribution in [0.2, 0.25) is 0 Å². The van der Waals surface area contributed by atoms with Crippen molar-refractivity contribution in [2.75, 3.05) is 11.9 Å². The number of aryl methyl sites for hydroxylation is 1. The first kappa shape index (κ1) is 15.4. The molecule has 130 valence electrons. The van der Waals surface area contributed by atoms with E-state index in [0.29, 0.717) is 0 Å². The number of rotatable bonds is 0. The summed E-state index contributed by atoms with van der Waals surface area (Å²) in [4.78, 5) is 6.90. The zero-order valence-corrected chi connectivity index (χ0v) is 15.6. The van der Waals surface area contributed by atoms with Crippen molar-refractivity contribution in [2.24, 2.45) is 0 Å². The Morgan fingerprint density at radius 3 is 2.69 bits per heavy atom. The Morgan fingerprint density at radius 2 is 1.88 bits per heavy atom. The predicted octanol–water partition coefficient (Wildman–Crippen LogP) is 5.07. The van der Waals surface area contributed by atoms with Crippen molar-refractivity contribution in [3.05, 3.63) is 71.4 Å². The first-order chi connectivity index (χ1) is 12.5. The lowest BCUT2D eigenvalue weighted by Gasteiger charge is -2.46. The molecule has 3 heterocycles. The third-order valence-corrected chi connectivity index (χ3v) is 6.15. The Kier molecular flexibility index (Phi) is 2.90. The average molecular weight is 342 g/mol. The van der Waals surface area contributed by atoms with Crippen molar-refractivity contribution in [3.63, 3.8) is 0 Å². The lowest BCUT2D eigenvalue weighted by atomic mass is 9.76. The van der Waals surface area contributed by atoms with Gasteiger partial charge in [0.2, 0.25) is 5.72 Å². The van der Waals surface area contributed by atoms with Crippen LogP contribution in [0.3, 0.4) is 0 Å². The van der Waals surface area contributed by atoms with Gasteiger partial charge in [0.25, 0.3) is 0 Å². The second kappa shape index (κ2) is 4.88. The van der Waals surface area contributed by atoms with Crippen LogP contribution >= 0.6 is 0 Å². The fourth-order valence-corrected chi connectivity index (χ4v) is 4.67. The molecular formula is C23H22N2O. The summed E-state index contributed by atoms with van der Waals surface area (Å²) in [7, 11) is 2.13. The molecule has 0 aliphatic carbocycles.